The Morgan fingerprint density at radius 1 is 1.08 bits per heavy atom. The van der Waals surface area contributed by atoms with Crippen LogP contribution in [0.15, 0.2) is 39.9 Å². The molecule has 3 aromatic heterocycles. The number of imidazole rings is 1. The number of benzene rings is 1. The average molecular weight is 322 g/mol. The summed E-state index contributed by atoms with van der Waals surface area (Å²) < 4.78 is 1.95. The number of aryl methyl sites for hydroxylation is 1. The maximum Gasteiger partial charge on any atom is 0.327 e. The Labute approximate surface area is 135 Å². The molecule has 0 atom stereocenters. The lowest BCUT2D eigenvalue weighted by Crippen LogP contribution is -2.23. The van der Waals surface area contributed by atoms with E-state index in [-0.39, 0.29) is 11.0 Å². The van der Waals surface area contributed by atoms with Crippen LogP contribution in [-0.2, 0) is 6.54 Å². The van der Waals surface area contributed by atoms with Crippen LogP contribution in [0.1, 0.15) is 13.3 Å². The molecule has 0 fully saturated rings. The van der Waals surface area contributed by atoms with E-state index in [1.807, 2.05) is 34.9 Å². The van der Waals surface area contributed by atoms with Crippen LogP contribution in [0.25, 0.3) is 33.6 Å². The molecular weight excluding hydrogens is 308 g/mol. The number of aromatic amines is 2. The Kier molecular flexibility index (Phi) is 3.23. The van der Waals surface area contributed by atoms with Crippen molar-refractivity contribution in [3.8, 4) is 11.4 Å². The van der Waals surface area contributed by atoms with Crippen molar-refractivity contribution in [3.63, 3.8) is 0 Å². The second-order valence-corrected chi connectivity index (χ2v) is 5.46. The van der Waals surface area contributed by atoms with Gasteiger partial charge in [0.2, 0.25) is 0 Å². The van der Waals surface area contributed by atoms with E-state index >= 15 is 0 Å². The number of aromatic nitrogens is 6. The Balaban J connectivity index is 2.14. The highest BCUT2D eigenvalue weighted by Gasteiger charge is 2.18. The highest BCUT2D eigenvalue weighted by Crippen LogP contribution is 2.25. The molecule has 0 bridgehead atoms. The molecule has 4 rings (SSSR count). The van der Waals surface area contributed by atoms with Gasteiger partial charge in [-0.3, -0.25) is 14.8 Å². The number of nitrogens with zero attached hydrogens (tertiary/aromatic N) is 4. The lowest BCUT2D eigenvalue weighted by Gasteiger charge is -2.06. The number of rotatable bonds is 3. The molecule has 8 heteroatoms. The summed E-state index contributed by atoms with van der Waals surface area (Å²) in [6, 6.07) is 9.70. The quantitative estimate of drug-likeness (QED) is 0.593. The molecule has 3 heterocycles. The minimum absolute atomic E-state index is 0.136. The molecule has 1 aromatic carbocycles. The van der Waals surface area contributed by atoms with Gasteiger partial charge < -0.3 is 4.57 Å². The van der Waals surface area contributed by atoms with Crippen molar-refractivity contribution in [1.29, 1.82) is 0 Å². The van der Waals surface area contributed by atoms with Crippen molar-refractivity contribution in [2.24, 2.45) is 0 Å². The van der Waals surface area contributed by atoms with Crippen LogP contribution in [0.2, 0.25) is 0 Å². The van der Waals surface area contributed by atoms with Crippen molar-refractivity contribution in [2.45, 2.75) is 19.9 Å². The van der Waals surface area contributed by atoms with Gasteiger partial charge in [0, 0.05) is 12.1 Å². The molecule has 2 N–H and O–H groups in total. The van der Waals surface area contributed by atoms with Gasteiger partial charge in [0.05, 0.1) is 0 Å². The summed E-state index contributed by atoms with van der Waals surface area (Å²) in [7, 11) is 0. The average Bonchev–Trinajstić information content (AvgIpc) is 2.94. The minimum atomic E-state index is -0.613. The second kappa shape index (κ2) is 5.41. The number of fused-ring (bicyclic) bond motifs is 3. The number of hydrogen-bond acceptors (Lipinski definition) is 5. The lowest BCUT2D eigenvalue weighted by molar-refractivity contribution is 0.695. The third kappa shape index (κ3) is 2.11. The Bertz CT molecular complexity index is 1160. The summed E-state index contributed by atoms with van der Waals surface area (Å²) in [6.07, 6.45) is 0.882. The standard InChI is InChI=1S/C16H14N6O2/c1-2-8-22-13(9-6-4-3-5-7-9)17-11-10-12(20-21-14(11)22)18-16(24)19-15(10)23/h3-7H,2,8H2,1H3,(H2,18,19,20,23,24). The number of H-pyrrole nitrogens is 2. The highest BCUT2D eigenvalue weighted by molar-refractivity contribution is 5.99. The van der Waals surface area contributed by atoms with E-state index in [0.29, 0.717) is 17.7 Å². The molecule has 0 aliphatic heterocycles. The molecule has 120 valence electrons. The van der Waals surface area contributed by atoms with Crippen molar-refractivity contribution in [1.82, 2.24) is 29.7 Å². The third-order valence-corrected chi connectivity index (χ3v) is 3.82. The van der Waals surface area contributed by atoms with Crippen molar-refractivity contribution < 1.29 is 0 Å². The summed E-state index contributed by atoms with van der Waals surface area (Å²) >= 11 is 0. The molecule has 0 amide bonds. The van der Waals surface area contributed by atoms with Crippen molar-refractivity contribution in [3.05, 3.63) is 51.2 Å². The third-order valence-electron chi connectivity index (χ3n) is 3.82. The first-order chi connectivity index (χ1) is 11.7. The summed E-state index contributed by atoms with van der Waals surface area (Å²) in [4.78, 5) is 33.0. The van der Waals surface area contributed by atoms with Crippen LogP contribution in [-0.4, -0.2) is 29.7 Å². The Morgan fingerprint density at radius 3 is 2.62 bits per heavy atom. The molecule has 0 saturated carbocycles. The summed E-state index contributed by atoms with van der Waals surface area (Å²) in [5, 5.41) is 8.42. The van der Waals surface area contributed by atoms with Gasteiger partial charge in [0.1, 0.15) is 16.7 Å². The molecule has 0 radical (unpaired) electrons. The Hall–Kier alpha value is -3.29. The molecular formula is C16H14N6O2. The Morgan fingerprint density at radius 2 is 1.88 bits per heavy atom. The highest BCUT2D eigenvalue weighted by atomic mass is 16.2. The maximum absolute atomic E-state index is 12.2. The minimum Gasteiger partial charge on any atom is -0.307 e. The van der Waals surface area contributed by atoms with Crippen LogP contribution >= 0.6 is 0 Å². The molecule has 8 nitrogen and oxygen atoms in total. The fraction of sp³-hybridized carbons (Fsp3) is 0.188. The first-order valence-corrected chi connectivity index (χ1v) is 7.63. The molecule has 0 aliphatic rings. The topological polar surface area (TPSA) is 109 Å². The fourth-order valence-corrected chi connectivity index (χ4v) is 2.82. The summed E-state index contributed by atoms with van der Waals surface area (Å²) in [5.41, 5.74) is 0.896. The molecule has 0 saturated heterocycles. The van der Waals surface area contributed by atoms with Crippen molar-refractivity contribution >= 4 is 22.2 Å². The van der Waals surface area contributed by atoms with Gasteiger partial charge in [-0.15, -0.1) is 10.2 Å². The zero-order chi connectivity index (χ0) is 16.7. The van der Waals surface area contributed by atoms with Crippen LogP contribution in [0.4, 0.5) is 0 Å². The van der Waals surface area contributed by atoms with Gasteiger partial charge >= 0.3 is 5.69 Å². The predicted molar refractivity (Wildman–Crippen MR) is 89.8 cm³/mol. The maximum atomic E-state index is 12.2. The van der Waals surface area contributed by atoms with E-state index in [4.69, 9.17) is 0 Å². The fourth-order valence-electron chi connectivity index (χ4n) is 2.82. The molecule has 0 aliphatic carbocycles. The van der Waals surface area contributed by atoms with Gasteiger partial charge in [-0.05, 0) is 6.42 Å². The zero-order valence-electron chi connectivity index (χ0n) is 12.9. The van der Waals surface area contributed by atoms with E-state index in [1.165, 1.54) is 0 Å². The van der Waals surface area contributed by atoms with E-state index in [2.05, 4.69) is 32.1 Å². The van der Waals surface area contributed by atoms with Crippen molar-refractivity contribution in [2.75, 3.05) is 0 Å². The van der Waals surface area contributed by atoms with Crippen LogP contribution < -0.4 is 11.2 Å². The first-order valence-electron chi connectivity index (χ1n) is 7.63. The van der Waals surface area contributed by atoms with E-state index in [9.17, 15) is 9.59 Å². The van der Waals surface area contributed by atoms with Gasteiger partial charge in [0.15, 0.2) is 11.3 Å². The van der Waals surface area contributed by atoms with E-state index in [1.54, 1.807) is 0 Å². The van der Waals surface area contributed by atoms with Gasteiger partial charge in [0.25, 0.3) is 5.56 Å². The first kappa shape index (κ1) is 14.3. The summed E-state index contributed by atoms with van der Waals surface area (Å²) in [6.45, 7) is 2.75. The zero-order valence-corrected chi connectivity index (χ0v) is 12.9. The molecule has 24 heavy (non-hydrogen) atoms. The number of nitrogens with one attached hydrogen (secondary N) is 2. The molecule has 4 aromatic rings. The van der Waals surface area contributed by atoms with Gasteiger partial charge in [-0.25, -0.2) is 9.78 Å². The van der Waals surface area contributed by atoms with Crippen LogP contribution in [0.5, 0.6) is 0 Å². The smallest absolute Gasteiger partial charge is 0.307 e. The van der Waals surface area contributed by atoms with Gasteiger partial charge in [-0.1, -0.05) is 37.3 Å². The van der Waals surface area contributed by atoms with Gasteiger partial charge in [-0.2, -0.15) is 0 Å². The number of hydrogen-bond donors (Lipinski definition) is 2. The van der Waals surface area contributed by atoms with E-state index < -0.39 is 11.2 Å². The normalized spacial score (nSPS) is 11.4. The largest absolute Gasteiger partial charge is 0.327 e. The molecule has 0 unspecified atom stereocenters. The second-order valence-electron chi connectivity index (χ2n) is 5.46. The van der Waals surface area contributed by atoms with Crippen LogP contribution in [0, 0.1) is 0 Å². The SMILES string of the molecule is CCCn1c(-c2ccccc2)nc2c3c(=O)[nH]c(=O)[nH]c3nnc21. The lowest BCUT2D eigenvalue weighted by atomic mass is 10.2. The van der Waals surface area contributed by atoms with Crippen LogP contribution in [0.3, 0.4) is 0 Å². The van der Waals surface area contributed by atoms with E-state index in [0.717, 1.165) is 17.8 Å². The summed E-state index contributed by atoms with van der Waals surface area (Å²) in [5.74, 6) is 0.722. The monoisotopic (exact) mass is 322 g/mol. The predicted octanol–water partition coefficient (Wildman–Crippen LogP) is 1.43. The molecule has 0 spiro atoms.